The minimum atomic E-state index is 0.110. The van der Waals surface area contributed by atoms with Gasteiger partial charge in [0.25, 0.3) is 0 Å². The normalized spacial score (nSPS) is 15.0. The van der Waals surface area contributed by atoms with Gasteiger partial charge in [0.05, 0.1) is 6.42 Å². The van der Waals surface area contributed by atoms with Gasteiger partial charge in [-0.1, -0.05) is 36.4 Å². The van der Waals surface area contributed by atoms with E-state index in [0.717, 1.165) is 59.0 Å². The molecule has 0 radical (unpaired) electrons. The Labute approximate surface area is 175 Å². The molecule has 5 nitrogen and oxygen atoms in total. The number of ether oxygens (including phenoxy) is 1. The van der Waals surface area contributed by atoms with Gasteiger partial charge in [-0.15, -0.1) is 0 Å². The van der Waals surface area contributed by atoms with Crippen LogP contribution in [0.5, 0.6) is 5.75 Å². The number of piperidine rings is 1. The van der Waals surface area contributed by atoms with Crippen molar-refractivity contribution in [1.29, 1.82) is 0 Å². The number of benzene rings is 2. The van der Waals surface area contributed by atoms with Gasteiger partial charge in [0.15, 0.2) is 0 Å². The summed E-state index contributed by atoms with van der Waals surface area (Å²) in [7, 11) is 2.03. The average Bonchev–Trinajstić information content (AvgIpc) is 3.10. The van der Waals surface area contributed by atoms with E-state index in [2.05, 4.69) is 27.9 Å². The zero-order valence-corrected chi connectivity index (χ0v) is 17.1. The highest BCUT2D eigenvalue weighted by molar-refractivity contribution is 5.89. The number of hydrogen-bond donors (Lipinski definition) is 0. The number of rotatable bonds is 4. The van der Waals surface area contributed by atoms with Gasteiger partial charge >= 0.3 is 0 Å². The molecule has 3 heterocycles. The topological polar surface area (TPSA) is 47.4 Å². The third-order valence-electron chi connectivity index (χ3n) is 6.01. The first kappa shape index (κ1) is 18.7. The standard InChI is InChI=1S/C25H25N3O2/c1-27-17-19(21-8-2-3-9-22(21)27)16-24(29)28-14-11-20(12-15-28)30-23-10-4-6-18-7-5-13-26-25(18)23/h2-10,13,17,20H,11-12,14-16H2,1H3. The third kappa shape index (κ3) is 3.52. The molecule has 5 rings (SSSR count). The van der Waals surface area contributed by atoms with E-state index in [4.69, 9.17) is 4.74 Å². The van der Waals surface area contributed by atoms with Gasteiger partial charge in [-0.2, -0.15) is 0 Å². The Bertz CT molecular complexity index is 1200. The Hall–Kier alpha value is -3.34. The van der Waals surface area contributed by atoms with Gasteiger partial charge in [-0.05, 0) is 23.8 Å². The number of pyridine rings is 1. The summed E-state index contributed by atoms with van der Waals surface area (Å²) in [6.07, 6.45) is 6.10. The molecule has 0 bridgehead atoms. The number of likely N-dealkylation sites (tertiary alicyclic amines) is 1. The van der Waals surface area contributed by atoms with Crippen molar-refractivity contribution in [3.05, 3.63) is 72.6 Å². The van der Waals surface area contributed by atoms with E-state index in [9.17, 15) is 4.79 Å². The molecule has 1 fully saturated rings. The van der Waals surface area contributed by atoms with Gasteiger partial charge in [-0.3, -0.25) is 9.78 Å². The highest BCUT2D eigenvalue weighted by Gasteiger charge is 2.25. The van der Waals surface area contributed by atoms with Crippen LogP contribution in [0.4, 0.5) is 0 Å². The number of fused-ring (bicyclic) bond motifs is 2. The summed E-state index contributed by atoms with van der Waals surface area (Å²) in [6.45, 7) is 1.46. The molecule has 1 saturated heterocycles. The molecule has 0 spiro atoms. The lowest BCUT2D eigenvalue weighted by Gasteiger charge is -2.32. The number of hydrogen-bond acceptors (Lipinski definition) is 3. The predicted octanol–water partition coefficient (Wildman–Crippen LogP) is 4.34. The number of para-hydroxylation sites is 2. The SMILES string of the molecule is Cn1cc(CC(=O)N2CCC(Oc3cccc4cccnc34)CC2)c2ccccc21. The van der Waals surface area contributed by atoms with Gasteiger partial charge in [0, 0.05) is 61.7 Å². The van der Waals surface area contributed by atoms with E-state index in [1.165, 1.54) is 0 Å². The lowest BCUT2D eigenvalue weighted by atomic mass is 10.1. The Morgan fingerprint density at radius 3 is 2.73 bits per heavy atom. The van der Waals surface area contributed by atoms with Gasteiger partial charge in [0.1, 0.15) is 17.4 Å². The fourth-order valence-electron chi connectivity index (χ4n) is 4.42. The molecule has 1 aliphatic rings. The highest BCUT2D eigenvalue weighted by atomic mass is 16.5. The number of carbonyl (C=O) groups excluding carboxylic acids is 1. The van der Waals surface area contributed by atoms with Crippen LogP contribution in [-0.2, 0) is 18.3 Å². The zero-order valence-electron chi connectivity index (χ0n) is 17.1. The second-order valence-electron chi connectivity index (χ2n) is 7.99. The van der Waals surface area contributed by atoms with Crippen LogP contribution in [0.2, 0.25) is 0 Å². The molecule has 0 aliphatic carbocycles. The molecule has 152 valence electrons. The van der Waals surface area contributed by atoms with Crippen LogP contribution in [0.15, 0.2) is 67.0 Å². The van der Waals surface area contributed by atoms with Gasteiger partial charge in [-0.25, -0.2) is 0 Å². The van der Waals surface area contributed by atoms with Crippen LogP contribution >= 0.6 is 0 Å². The lowest BCUT2D eigenvalue weighted by Crippen LogP contribution is -2.42. The summed E-state index contributed by atoms with van der Waals surface area (Å²) in [4.78, 5) is 19.4. The van der Waals surface area contributed by atoms with Crippen molar-refractivity contribution in [2.24, 2.45) is 7.05 Å². The Morgan fingerprint density at radius 2 is 1.87 bits per heavy atom. The summed E-state index contributed by atoms with van der Waals surface area (Å²) in [6, 6.07) is 18.3. The quantitative estimate of drug-likeness (QED) is 0.513. The Balaban J connectivity index is 1.23. The molecule has 0 N–H and O–H groups in total. The second kappa shape index (κ2) is 7.82. The first-order chi connectivity index (χ1) is 14.7. The van der Waals surface area contributed by atoms with Crippen molar-refractivity contribution in [2.75, 3.05) is 13.1 Å². The molecule has 0 atom stereocenters. The molecule has 0 saturated carbocycles. The maximum Gasteiger partial charge on any atom is 0.227 e. The Morgan fingerprint density at radius 1 is 1.07 bits per heavy atom. The number of aryl methyl sites for hydroxylation is 1. The minimum Gasteiger partial charge on any atom is -0.488 e. The molecule has 2 aromatic carbocycles. The van der Waals surface area contributed by atoms with E-state index in [-0.39, 0.29) is 12.0 Å². The smallest absolute Gasteiger partial charge is 0.227 e. The third-order valence-corrected chi connectivity index (χ3v) is 6.01. The number of amides is 1. The maximum absolute atomic E-state index is 12.9. The monoisotopic (exact) mass is 399 g/mol. The molecule has 1 aliphatic heterocycles. The molecule has 1 amide bonds. The summed E-state index contributed by atoms with van der Waals surface area (Å²) in [5.74, 6) is 1.02. The van der Waals surface area contributed by atoms with E-state index in [1.54, 1.807) is 6.20 Å². The fourth-order valence-corrected chi connectivity index (χ4v) is 4.42. The molecule has 30 heavy (non-hydrogen) atoms. The molecular formula is C25H25N3O2. The van der Waals surface area contributed by atoms with Crippen molar-refractivity contribution in [2.45, 2.75) is 25.4 Å². The first-order valence-corrected chi connectivity index (χ1v) is 10.5. The van der Waals surface area contributed by atoms with Crippen LogP contribution < -0.4 is 4.74 Å². The van der Waals surface area contributed by atoms with Crippen LogP contribution in [0.25, 0.3) is 21.8 Å². The zero-order chi connectivity index (χ0) is 20.5. The molecular weight excluding hydrogens is 374 g/mol. The summed E-state index contributed by atoms with van der Waals surface area (Å²) in [5.41, 5.74) is 3.16. The van der Waals surface area contributed by atoms with Crippen molar-refractivity contribution in [3.63, 3.8) is 0 Å². The average molecular weight is 399 g/mol. The van der Waals surface area contributed by atoms with E-state index in [1.807, 2.05) is 54.4 Å². The fraction of sp³-hybridized carbons (Fsp3) is 0.280. The summed E-state index contributed by atoms with van der Waals surface area (Å²) < 4.78 is 8.37. The summed E-state index contributed by atoms with van der Waals surface area (Å²) in [5, 5.41) is 2.24. The van der Waals surface area contributed by atoms with Gasteiger partial charge < -0.3 is 14.2 Å². The van der Waals surface area contributed by atoms with Crippen LogP contribution in [-0.4, -0.2) is 39.6 Å². The predicted molar refractivity (Wildman–Crippen MR) is 119 cm³/mol. The number of nitrogens with zero attached hydrogens (tertiary/aromatic N) is 3. The van der Waals surface area contributed by atoms with Gasteiger partial charge in [0.2, 0.25) is 5.91 Å². The Kier molecular flexibility index (Phi) is 4.87. The van der Waals surface area contributed by atoms with E-state index >= 15 is 0 Å². The van der Waals surface area contributed by atoms with Crippen molar-refractivity contribution in [3.8, 4) is 5.75 Å². The number of carbonyl (C=O) groups is 1. The molecule has 2 aromatic heterocycles. The van der Waals surface area contributed by atoms with Crippen LogP contribution in [0.1, 0.15) is 18.4 Å². The van der Waals surface area contributed by atoms with E-state index < -0.39 is 0 Å². The first-order valence-electron chi connectivity index (χ1n) is 10.5. The lowest BCUT2D eigenvalue weighted by molar-refractivity contribution is -0.132. The van der Waals surface area contributed by atoms with Crippen molar-refractivity contribution >= 4 is 27.7 Å². The molecule has 0 unspecified atom stereocenters. The van der Waals surface area contributed by atoms with Crippen molar-refractivity contribution in [1.82, 2.24) is 14.5 Å². The van der Waals surface area contributed by atoms with Crippen LogP contribution in [0, 0.1) is 0 Å². The summed E-state index contributed by atoms with van der Waals surface area (Å²) >= 11 is 0. The van der Waals surface area contributed by atoms with Crippen LogP contribution in [0.3, 0.4) is 0 Å². The maximum atomic E-state index is 12.9. The van der Waals surface area contributed by atoms with E-state index in [0.29, 0.717) is 6.42 Å². The highest BCUT2D eigenvalue weighted by Crippen LogP contribution is 2.27. The molecule has 4 aromatic rings. The minimum absolute atomic E-state index is 0.110. The second-order valence-corrected chi connectivity index (χ2v) is 7.99. The van der Waals surface area contributed by atoms with Crippen molar-refractivity contribution < 1.29 is 9.53 Å². The molecule has 5 heteroatoms. The number of aromatic nitrogens is 2. The largest absolute Gasteiger partial charge is 0.488 e.